The minimum absolute atomic E-state index is 0.0678. The normalized spacial score (nSPS) is 17.1. The molecule has 1 aromatic carbocycles. The summed E-state index contributed by atoms with van der Waals surface area (Å²) in [5.41, 5.74) is 3.42. The molecule has 1 aromatic heterocycles. The Hall–Kier alpha value is -2.04. The maximum atomic E-state index is 6.45. The average molecular weight is 479 g/mol. The topological polar surface area (TPSA) is 44.2 Å². The first-order chi connectivity index (χ1) is 17.3. The second kappa shape index (κ2) is 16.6. The fourth-order valence-electron chi connectivity index (χ4n) is 4.56. The lowest BCUT2D eigenvalue weighted by molar-refractivity contribution is -0.191. The van der Waals surface area contributed by atoms with Crippen molar-refractivity contribution in [2.24, 2.45) is 0 Å². The summed E-state index contributed by atoms with van der Waals surface area (Å²) in [5.74, 6) is 0.813. The lowest BCUT2D eigenvalue weighted by Crippen LogP contribution is -2.24. The van der Waals surface area contributed by atoms with Gasteiger partial charge in [-0.25, -0.2) is 9.97 Å². The van der Waals surface area contributed by atoms with E-state index < -0.39 is 0 Å². The molecular formula is C31H46N2O2. The van der Waals surface area contributed by atoms with Gasteiger partial charge in [0, 0.05) is 24.1 Å². The summed E-state index contributed by atoms with van der Waals surface area (Å²) < 4.78 is 12.3. The summed E-state index contributed by atoms with van der Waals surface area (Å²) in [4.78, 5) is 9.40. The van der Waals surface area contributed by atoms with Crippen LogP contribution < -0.4 is 0 Å². The van der Waals surface area contributed by atoms with Gasteiger partial charge in [-0.3, -0.25) is 0 Å². The van der Waals surface area contributed by atoms with Crippen LogP contribution in [0.25, 0.3) is 11.4 Å². The van der Waals surface area contributed by atoms with Crippen LogP contribution in [-0.2, 0) is 15.9 Å². The zero-order valence-electron chi connectivity index (χ0n) is 22.1. The van der Waals surface area contributed by atoms with Crippen molar-refractivity contribution in [2.75, 3.05) is 6.61 Å². The van der Waals surface area contributed by atoms with E-state index in [0.29, 0.717) is 0 Å². The lowest BCUT2D eigenvalue weighted by Gasteiger charge is -2.28. The molecule has 0 spiro atoms. The molecule has 0 saturated carbocycles. The molecule has 0 amide bonds. The van der Waals surface area contributed by atoms with Gasteiger partial charge in [-0.15, -0.1) is 0 Å². The zero-order chi connectivity index (χ0) is 24.6. The van der Waals surface area contributed by atoms with Gasteiger partial charge < -0.3 is 9.47 Å². The molecule has 2 atom stereocenters. The second-order valence-corrected chi connectivity index (χ2v) is 9.77. The van der Waals surface area contributed by atoms with E-state index in [-0.39, 0.29) is 12.4 Å². The van der Waals surface area contributed by atoms with E-state index in [4.69, 9.17) is 14.5 Å². The molecular weight excluding hydrogens is 432 g/mol. The minimum atomic E-state index is -0.0678. The van der Waals surface area contributed by atoms with Crippen molar-refractivity contribution >= 4 is 0 Å². The molecule has 1 aliphatic heterocycles. The number of nitrogens with zero attached hydrogens (tertiary/aromatic N) is 2. The van der Waals surface area contributed by atoms with Crippen molar-refractivity contribution < 1.29 is 9.47 Å². The first-order valence-corrected chi connectivity index (χ1v) is 14.1. The van der Waals surface area contributed by atoms with E-state index in [9.17, 15) is 0 Å². The molecule has 2 aromatic rings. The van der Waals surface area contributed by atoms with Gasteiger partial charge in [0.2, 0.25) is 0 Å². The Bertz CT molecular complexity index is 843. The monoisotopic (exact) mass is 478 g/mol. The van der Waals surface area contributed by atoms with Crippen molar-refractivity contribution in [3.63, 3.8) is 0 Å². The molecule has 1 saturated heterocycles. The Kier molecular flexibility index (Phi) is 13.1. The fourth-order valence-corrected chi connectivity index (χ4v) is 4.56. The summed E-state index contributed by atoms with van der Waals surface area (Å²) in [5, 5.41) is 0. The number of hydrogen-bond donors (Lipinski definition) is 0. The minimum Gasteiger partial charge on any atom is -0.353 e. The first kappa shape index (κ1) is 27.5. The molecule has 0 radical (unpaired) electrons. The van der Waals surface area contributed by atoms with Crippen LogP contribution in [-0.4, -0.2) is 22.9 Å². The highest BCUT2D eigenvalue weighted by molar-refractivity contribution is 5.55. The lowest BCUT2D eigenvalue weighted by atomic mass is 10.0. The molecule has 1 fully saturated rings. The van der Waals surface area contributed by atoms with Crippen LogP contribution in [0.2, 0.25) is 0 Å². The van der Waals surface area contributed by atoms with E-state index in [2.05, 4.69) is 61.3 Å². The predicted molar refractivity (Wildman–Crippen MR) is 145 cm³/mol. The molecule has 4 nitrogen and oxygen atoms in total. The number of rotatable bonds is 16. The summed E-state index contributed by atoms with van der Waals surface area (Å²) in [6, 6.07) is 10.7. The van der Waals surface area contributed by atoms with E-state index in [1.165, 1.54) is 56.9 Å². The Morgan fingerprint density at radius 1 is 0.943 bits per heavy atom. The number of ether oxygens (including phenoxy) is 2. The Labute approximate surface area is 213 Å². The molecule has 0 aliphatic carbocycles. The van der Waals surface area contributed by atoms with E-state index in [1.807, 2.05) is 6.20 Å². The quantitative estimate of drug-likeness (QED) is 0.179. The van der Waals surface area contributed by atoms with Crippen LogP contribution in [0.3, 0.4) is 0 Å². The predicted octanol–water partition coefficient (Wildman–Crippen LogP) is 8.77. The highest BCUT2D eigenvalue weighted by atomic mass is 16.7. The maximum absolute atomic E-state index is 6.45. The van der Waals surface area contributed by atoms with Crippen molar-refractivity contribution in [2.45, 2.75) is 116 Å². The number of hydrogen-bond acceptors (Lipinski definition) is 4. The molecule has 192 valence electrons. The third kappa shape index (κ3) is 10.2. The standard InChI is InChI=1S/C31H46N2O2/c1-3-5-7-9-10-11-12-16-28-23-24-32-31(33-28)27-21-19-26(20-22-27)29(17-13-8-6-4-2)35-30-18-14-15-25-34-30/h7,9,19-24,29-30H,3-6,8,10-18,25H2,1-2H3. The van der Waals surface area contributed by atoms with Gasteiger partial charge in [-0.05, 0) is 69.4 Å². The van der Waals surface area contributed by atoms with Crippen LogP contribution in [0.4, 0.5) is 0 Å². The maximum Gasteiger partial charge on any atom is 0.159 e. The van der Waals surface area contributed by atoms with Gasteiger partial charge in [0.1, 0.15) is 0 Å². The number of aryl methyl sites for hydroxylation is 1. The molecule has 3 rings (SSSR count). The second-order valence-electron chi connectivity index (χ2n) is 9.77. The highest BCUT2D eigenvalue weighted by Gasteiger charge is 2.21. The molecule has 35 heavy (non-hydrogen) atoms. The van der Waals surface area contributed by atoms with Gasteiger partial charge >= 0.3 is 0 Å². The number of unbranched alkanes of at least 4 members (excludes halogenated alkanes) is 6. The van der Waals surface area contributed by atoms with Crippen LogP contribution in [0, 0.1) is 0 Å². The Morgan fingerprint density at radius 2 is 1.80 bits per heavy atom. The summed E-state index contributed by atoms with van der Waals surface area (Å²) in [6.45, 7) is 5.29. The van der Waals surface area contributed by atoms with Gasteiger partial charge in [0.25, 0.3) is 0 Å². The number of benzene rings is 1. The van der Waals surface area contributed by atoms with Crippen molar-refractivity contribution in [3.8, 4) is 11.4 Å². The summed E-state index contributed by atoms with van der Waals surface area (Å²) in [6.07, 6.45) is 22.8. The van der Waals surface area contributed by atoms with Crippen molar-refractivity contribution in [1.82, 2.24) is 9.97 Å². The molecule has 0 bridgehead atoms. The average Bonchev–Trinajstić information content (AvgIpc) is 2.91. The van der Waals surface area contributed by atoms with Crippen molar-refractivity contribution in [1.29, 1.82) is 0 Å². The Morgan fingerprint density at radius 3 is 2.57 bits per heavy atom. The Balaban J connectivity index is 1.58. The third-order valence-electron chi connectivity index (χ3n) is 6.70. The molecule has 4 heteroatoms. The largest absolute Gasteiger partial charge is 0.353 e. The molecule has 0 N–H and O–H groups in total. The summed E-state index contributed by atoms with van der Waals surface area (Å²) >= 11 is 0. The van der Waals surface area contributed by atoms with Crippen LogP contribution >= 0.6 is 0 Å². The van der Waals surface area contributed by atoms with E-state index in [1.54, 1.807) is 0 Å². The van der Waals surface area contributed by atoms with Crippen LogP contribution in [0.5, 0.6) is 0 Å². The highest BCUT2D eigenvalue weighted by Crippen LogP contribution is 2.30. The number of allylic oxidation sites excluding steroid dienone is 2. The van der Waals surface area contributed by atoms with E-state index in [0.717, 1.165) is 62.2 Å². The van der Waals surface area contributed by atoms with Gasteiger partial charge in [0.05, 0.1) is 6.10 Å². The number of aromatic nitrogens is 2. The molecule has 2 unspecified atom stereocenters. The fraction of sp³-hybridized carbons (Fsp3) is 0.613. The van der Waals surface area contributed by atoms with Crippen LogP contribution in [0.1, 0.15) is 115 Å². The molecule has 2 heterocycles. The van der Waals surface area contributed by atoms with Gasteiger partial charge in [0.15, 0.2) is 12.1 Å². The first-order valence-electron chi connectivity index (χ1n) is 14.1. The smallest absolute Gasteiger partial charge is 0.159 e. The van der Waals surface area contributed by atoms with Gasteiger partial charge in [-0.1, -0.05) is 82.4 Å². The SMILES string of the molecule is CCCC=CCCCCc1ccnc(-c2ccc(C(CCCCCC)OC3CCCCO3)cc2)n1. The van der Waals surface area contributed by atoms with Crippen LogP contribution in [0.15, 0.2) is 48.7 Å². The summed E-state index contributed by atoms with van der Waals surface area (Å²) in [7, 11) is 0. The third-order valence-corrected chi connectivity index (χ3v) is 6.70. The molecule has 1 aliphatic rings. The van der Waals surface area contributed by atoms with E-state index >= 15 is 0 Å². The zero-order valence-corrected chi connectivity index (χ0v) is 22.1. The van der Waals surface area contributed by atoms with Crippen molar-refractivity contribution in [3.05, 3.63) is 59.9 Å². The van der Waals surface area contributed by atoms with Gasteiger partial charge in [-0.2, -0.15) is 0 Å².